The highest BCUT2D eigenvalue weighted by Gasteiger charge is 2.32. The Balaban J connectivity index is 1.29. The lowest BCUT2D eigenvalue weighted by molar-refractivity contribution is 0.131. The minimum atomic E-state index is -0.225. The van der Waals surface area contributed by atoms with Gasteiger partial charge in [0.2, 0.25) is 0 Å². The third kappa shape index (κ3) is 7.28. The van der Waals surface area contributed by atoms with Gasteiger partial charge in [0, 0.05) is 5.41 Å². The molecule has 0 aliphatic heterocycles. The molecular weight excluding hydrogens is 597 g/mol. The maximum Gasteiger partial charge on any atom is 0.166 e. The predicted octanol–water partition coefficient (Wildman–Crippen LogP) is 11.4. The van der Waals surface area contributed by atoms with Crippen molar-refractivity contribution < 1.29 is 4.74 Å². The van der Waals surface area contributed by atoms with E-state index in [1.807, 2.05) is 0 Å². The van der Waals surface area contributed by atoms with Crippen molar-refractivity contribution in [1.82, 2.24) is 0 Å². The molecule has 0 radical (unpaired) electrons. The Morgan fingerprint density at radius 1 is 0.348 bits per heavy atom. The highest BCUT2D eigenvalue weighted by atomic mass is 32.2. The third-order valence-corrected chi connectivity index (χ3v) is 12.5. The third-order valence-electron chi connectivity index (χ3n) is 8.04. The molecule has 1 atom stereocenters. The van der Waals surface area contributed by atoms with E-state index in [1.54, 1.807) is 0 Å². The molecule has 0 bridgehead atoms. The highest BCUT2D eigenvalue weighted by molar-refractivity contribution is 7.97. The van der Waals surface area contributed by atoms with E-state index < -0.39 is 0 Å². The van der Waals surface area contributed by atoms with Crippen LogP contribution in [-0.4, -0.2) is 5.60 Å². The van der Waals surface area contributed by atoms with Crippen molar-refractivity contribution >= 4 is 21.8 Å². The van der Waals surface area contributed by atoms with Crippen molar-refractivity contribution in [1.29, 1.82) is 0 Å². The molecule has 6 aromatic carbocycles. The minimum absolute atomic E-state index is 0.146. The van der Waals surface area contributed by atoms with Crippen molar-refractivity contribution in [3.8, 4) is 5.75 Å². The Bertz CT molecular complexity index is 1780. The largest absolute Gasteiger partial charge is 0.488 e. The summed E-state index contributed by atoms with van der Waals surface area (Å²) < 4.78 is 6.11. The van der Waals surface area contributed by atoms with Gasteiger partial charge in [-0.25, -0.2) is 0 Å². The second-order valence-corrected chi connectivity index (χ2v) is 17.0. The van der Waals surface area contributed by atoms with Crippen LogP contribution in [0.1, 0.15) is 45.7 Å². The summed E-state index contributed by atoms with van der Waals surface area (Å²) in [5.74, 6) is 0.898. The van der Waals surface area contributed by atoms with Crippen LogP contribution in [0.2, 0.25) is 0 Å². The summed E-state index contributed by atoms with van der Waals surface area (Å²) in [7, 11) is -0.378. The summed E-state index contributed by atoms with van der Waals surface area (Å²) >= 11 is 0. The fourth-order valence-electron chi connectivity index (χ4n) is 5.67. The summed E-state index contributed by atoms with van der Waals surface area (Å²) in [6.45, 7) is 10.9. The first-order valence-corrected chi connectivity index (χ1v) is 18.3. The first-order chi connectivity index (χ1) is 22.2. The van der Waals surface area contributed by atoms with Gasteiger partial charge < -0.3 is 4.74 Å². The van der Waals surface area contributed by atoms with Crippen LogP contribution in [0.15, 0.2) is 193 Å². The fraction of sp³-hybridized carbons (Fsp3) is 0.163. The van der Waals surface area contributed by atoms with Gasteiger partial charge in [0.1, 0.15) is 11.4 Å². The van der Waals surface area contributed by atoms with E-state index >= 15 is 0 Å². The molecule has 0 saturated carbocycles. The molecule has 3 heteroatoms. The van der Waals surface area contributed by atoms with E-state index in [0.29, 0.717) is 0 Å². The Hall–Kier alpha value is -4.18. The van der Waals surface area contributed by atoms with Crippen LogP contribution in [0.5, 0.6) is 5.75 Å². The molecule has 1 nitrogen and oxygen atoms in total. The molecule has 46 heavy (non-hydrogen) atoms. The zero-order chi connectivity index (χ0) is 32.1. The number of benzene rings is 6. The Kier molecular flexibility index (Phi) is 9.44. The number of hydrogen-bond donors (Lipinski definition) is 0. The van der Waals surface area contributed by atoms with Gasteiger partial charge in [-0.05, 0) is 117 Å². The van der Waals surface area contributed by atoms with Crippen molar-refractivity contribution in [2.75, 3.05) is 0 Å². The van der Waals surface area contributed by atoms with Gasteiger partial charge in [-0.2, -0.15) is 0 Å². The van der Waals surface area contributed by atoms with Crippen LogP contribution in [0.3, 0.4) is 0 Å². The van der Waals surface area contributed by atoms with Crippen LogP contribution in [0.4, 0.5) is 0 Å². The molecule has 0 N–H and O–H groups in total. The summed E-state index contributed by atoms with van der Waals surface area (Å²) in [6, 6.07) is 59.8. The van der Waals surface area contributed by atoms with Crippen molar-refractivity contribution in [3.63, 3.8) is 0 Å². The maximum atomic E-state index is 6.11. The van der Waals surface area contributed by atoms with Gasteiger partial charge in [-0.3, -0.25) is 0 Å². The predicted molar refractivity (Wildman–Crippen MR) is 195 cm³/mol. The molecule has 1 unspecified atom stereocenters. The Morgan fingerprint density at radius 3 is 0.935 bits per heavy atom. The van der Waals surface area contributed by atoms with E-state index in [1.165, 1.54) is 40.5 Å². The molecule has 0 spiro atoms. The summed E-state index contributed by atoms with van der Waals surface area (Å²) in [6.07, 6.45) is 0. The molecule has 6 rings (SSSR count). The molecule has 0 aliphatic carbocycles. The van der Waals surface area contributed by atoms with E-state index in [4.69, 9.17) is 4.74 Å². The zero-order valence-corrected chi connectivity index (χ0v) is 28.9. The number of ether oxygens (including phenoxy) is 1. The molecule has 0 saturated heterocycles. The number of hydrogen-bond acceptors (Lipinski definition) is 1. The van der Waals surface area contributed by atoms with Gasteiger partial charge in [-0.15, -0.1) is 0 Å². The Labute approximate surface area is 281 Å². The molecule has 6 aromatic rings. The number of rotatable bonds is 9. The zero-order valence-electron chi connectivity index (χ0n) is 27.3. The average molecular weight is 639 g/mol. The van der Waals surface area contributed by atoms with Gasteiger partial charge in [0.05, 0.1) is 21.8 Å². The maximum absolute atomic E-state index is 6.11. The second kappa shape index (κ2) is 13.7. The standard InChI is InChI=1S/C43H42OS2/c1-42(2,3)44-35-25-31-41(32-26-35)46(38-19-13-8-14-20-38)40-29-23-34(24-30-40)43(4,5)33-21-27-39(28-22-33)45(36-15-9-6-10-16-36)37-17-11-7-12-18-37/h6-32H,1-5H3/q+2. The van der Waals surface area contributed by atoms with Crippen LogP contribution in [-0.2, 0) is 27.2 Å². The monoisotopic (exact) mass is 638 g/mol. The summed E-state index contributed by atoms with van der Waals surface area (Å²) in [4.78, 5) is 7.89. The molecule has 0 aromatic heterocycles. The topological polar surface area (TPSA) is 9.23 Å². The van der Waals surface area contributed by atoms with E-state index in [0.717, 1.165) is 5.75 Å². The van der Waals surface area contributed by atoms with E-state index in [-0.39, 0.29) is 32.8 Å². The fourth-order valence-corrected chi connectivity index (χ4v) is 9.81. The van der Waals surface area contributed by atoms with Crippen LogP contribution in [0, 0.1) is 0 Å². The average Bonchev–Trinajstić information content (AvgIpc) is 3.07. The summed E-state index contributed by atoms with van der Waals surface area (Å²) in [5.41, 5.74) is 2.24. The molecular formula is C43H42OS2+2. The lowest BCUT2D eigenvalue weighted by Gasteiger charge is -2.26. The highest BCUT2D eigenvalue weighted by Crippen LogP contribution is 2.38. The lowest BCUT2D eigenvalue weighted by atomic mass is 9.78. The molecule has 230 valence electrons. The van der Waals surface area contributed by atoms with E-state index in [9.17, 15) is 0 Å². The van der Waals surface area contributed by atoms with E-state index in [2.05, 4.69) is 198 Å². The molecule has 0 heterocycles. The summed E-state index contributed by atoms with van der Waals surface area (Å²) in [5, 5.41) is 0. The lowest BCUT2D eigenvalue weighted by Crippen LogP contribution is -2.22. The van der Waals surface area contributed by atoms with Gasteiger partial charge in [0.25, 0.3) is 0 Å². The smallest absolute Gasteiger partial charge is 0.166 e. The SMILES string of the molecule is CC(C)(C)Oc1ccc([S+](c2ccccc2)c2ccc(C(C)(C)c3ccc([S+](c4ccccc4)c4ccccc4)cc3)cc2)cc1. The minimum Gasteiger partial charge on any atom is -0.488 e. The van der Waals surface area contributed by atoms with Gasteiger partial charge >= 0.3 is 0 Å². The Morgan fingerprint density at radius 2 is 0.630 bits per heavy atom. The van der Waals surface area contributed by atoms with Crippen molar-refractivity contribution in [2.45, 2.75) is 75.0 Å². The van der Waals surface area contributed by atoms with Crippen LogP contribution in [0.25, 0.3) is 0 Å². The van der Waals surface area contributed by atoms with Gasteiger partial charge in [0.15, 0.2) is 29.4 Å². The van der Waals surface area contributed by atoms with Crippen molar-refractivity contribution in [3.05, 3.63) is 175 Å². The normalized spacial score (nSPS) is 12.6. The molecule has 0 fully saturated rings. The van der Waals surface area contributed by atoms with Gasteiger partial charge in [-0.1, -0.05) is 92.7 Å². The molecule has 0 aliphatic rings. The van der Waals surface area contributed by atoms with Crippen LogP contribution >= 0.6 is 0 Å². The first kappa shape index (κ1) is 31.8. The van der Waals surface area contributed by atoms with Crippen molar-refractivity contribution in [2.24, 2.45) is 0 Å². The second-order valence-electron chi connectivity index (χ2n) is 12.9. The van der Waals surface area contributed by atoms with Crippen LogP contribution < -0.4 is 4.74 Å². The first-order valence-electron chi connectivity index (χ1n) is 15.8. The molecule has 0 amide bonds. The quantitative estimate of drug-likeness (QED) is 0.143.